The summed E-state index contributed by atoms with van der Waals surface area (Å²) in [5, 5.41) is 0. The summed E-state index contributed by atoms with van der Waals surface area (Å²) in [6.07, 6.45) is 3.68. The molecule has 2 heteroatoms. The van der Waals surface area contributed by atoms with Crippen molar-refractivity contribution in [3.63, 3.8) is 0 Å². The van der Waals surface area contributed by atoms with Crippen LogP contribution >= 0.6 is 15.9 Å². The maximum atomic E-state index is 3.63. The summed E-state index contributed by atoms with van der Waals surface area (Å²) < 4.78 is 1.28. The van der Waals surface area contributed by atoms with Crippen molar-refractivity contribution in [3.05, 3.63) is 33.8 Å². The van der Waals surface area contributed by atoms with Crippen molar-refractivity contribution in [1.82, 2.24) is 4.90 Å². The minimum Gasteiger partial charge on any atom is -0.306 e. The van der Waals surface area contributed by atoms with Crippen molar-refractivity contribution < 1.29 is 0 Å². The molecule has 0 N–H and O–H groups in total. The first kappa shape index (κ1) is 10.2. The molecule has 0 saturated carbocycles. The van der Waals surface area contributed by atoms with Crippen molar-refractivity contribution >= 4 is 15.9 Å². The first-order valence-electron chi connectivity index (χ1n) is 5.11. The van der Waals surface area contributed by atoms with Crippen LogP contribution in [0.3, 0.4) is 0 Å². The smallest absolute Gasteiger partial charge is 0.0210 e. The number of halogens is 1. The molecule has 0 radical (unpaired) electrons. The molecule has 1 aromatic carbocycles. The molecule has 0 aliphatic heterocycles. The predicted molar refractivity (Wildman–Crippen MR) is 63.6 cm³/mol. The van der Waals surface area contributed by atoms with Crippen molar-refractivity contribution in [3.8, 4) is 0 Å². The lowest BCUT2D eigenvalue weighted by molar-refractivity contribution is 0.268. The van der Waals surface area contributed by atoms with E-state index in [1.807, 2.05) is 0 Å². The molecule has 1 aliphatic carbocycles. The van der Waals surface area contributed by atoms with E-state index in [4.69, 9.17) is 0 Å². The molecular weight excluding hydrogens is 238 g/mol. The van der Waals surface area contributed by atoms with Gasteiger partial charge in [-0.3, -0.25) is 0 Å². The van der Waals surface area contributed by atoms with E-state index in [-0.39, 0.29) is 0 Å². The summed E-state index contributed by atoms with van der Waals surface area (Å²) in [7, 11) is 4.35. The Morgan fingerprint density at radius 3 is 2.86 bits per heavy atom. The molecule has 0 bridgehead atoms. The highest BCUT2D eigenvalue weighted by molar-refractivity contribution is 9.10. The highest BCUT2D eigenvalue weighted by Crippen LogP contribution is 2.29. The second kappa shape index (κ2) is 4.03. The van der Waals surface area contributed by atoms with E-state index in [0.717, 1.165) is 6.04 Å². The van der Waals surface area contributed by atoms with Crippen molar-refractivity contribution in [2.45, 2.75) is 25.3 Å². The van der Waals surface area contributed by atoms with Crippen LogP contribution in [0.15, 0.2) is 22.7 Å². The van der Waals surface area contributed by atoms with Crippen molar-refractivity contribution in [2.75, 3.05) is 14.1 Å². The van der Waals surface area contributed by atoms with Gasteiger partial charge in [-0.15, -0.1) is 0 Å². The van der Waals surface area contributed by atoms with Gasteiger partial charge in [-0.05, 0) is 50.6 Å². The normalized spacial score (nSPS) is 21.0. The first-order chi connectivity index (χ1) is 6.68. The SMILES string of the molecule is CN(C)C1CCc2c(Br)cccc2C1. The number of hydrogen-bond donors (Lipinski definition) is 0. The fourth-order valence-corrected chi connectivity index (χ4v) is 2.79. The van der Waals surface area contributed by atoms with Gasteiger partial charge in [0.25, 0.3) is 0 Å². The van der Waals surface area contributed by atoms with Crippen LogP contribution in [0.4, 0.5) is 0 Å². The van der Waals surface area contributed by atoms with Crippen LogP contribution in [0.1, 0.15) is 17.5 Å². The molecule has 0 aromatic heterocycles. The molecule has 0 fully saturated rings. The predicted octanol–water partition coefficient (Wildman–Crippen LogP) is 2.87. The molecule has 1 atom stereocenters. The standard InChI is InChI=1S/C12H16BrN/c1-14(2)10-6-7-11-9(8-10)4-3-5-12(11)13/h3-5,10H,6-8H2,1-2H3. The van der Waals surface area contributed by atoms with Gasteiger partial charge in [-0.25, -0.2) is 0 Å². The van der Waals surface area contributed by atoms with E-state index >= 15 is 0 Å². The van der Waals surface area contributed by atoms with Crippen LogP contribution in [0.25, 0.3) is 0 Å². The zero-order chi connectivity index (χ0) is 10.1. The van der Waals surface area contributed by atoms with E-state index < -0.39 is 0 Å². The molecule has 14 heavy (non-hydrogen) atoms. The Labute approximate surface area is 94.2 Å². The van der Waals surface area contributed by atoms with Gasteiger partial charge in [-0.1, -0.05) is 28.1 Å². The van der Waals surface area contributed by atoms with Gasteiger partial charge in [0.1, 0.15) is 0 Å². The number of nitrogens with zero attached hydrogens (tertiary/aromatic N) is 1. The highest BCUT2D eigenvalue weighted by Gasteiger charge is 2.20. The molecule has 1 nitrogen and oxygen atoms in total. The molecule has 0 spiro atoms. The Bertz CT molecular complexity index is 333. The zero-order valence-corrected chi connectivity index (χ0v) is 10.3. The fraction of sp³-hybridized carbons (Fsp3) is 0.500. The van der Waals surface area contributed by atoms with E-state index in [2.05, 4.69) is 53.1 Å². The number of benzene rings is 1. The molecule has 0 saturated heterocycles. The average molecular weight is 254 g/mol. The van der Waals surface area contributed by atoms with Crippen molar-refractivity contribution in [1.29, 1.82) is 0 Å². The summed E-state index contributed by atoms with van der Waals surface area (Å²) in [5.41, 5.74) is 3.04. The van der Waals surface area contributed by atoms with Crippen LogP contribution < -0.4 is 0 Å². The third kappa shape index (κ3) is 1.86. The van der Waals surface area contributed by atoms with Crippen LogP contribution in [0, 0.1) is 0 Å². The van der Waals surface area contributed by atoms with Gasteiger partial charge in [0.05, 0.1) is 0 Å². The maximum Gasteiger partial charge on any atom is 0.0210 e. The lowest BCUT2D eigenvalue weighted by Crippen LogP contribution is -2.33. The average Bonchev–Trinajstić information content (AvgIpc) is 2.17. The third-order valence-corrected chi connectivity index (χ3v) is 3.87. The first-order valence-corrected chi connectivity index (χ1v) is 5.90. The highest BCUT2D eigenvalue weighted by atomic mass is 79.9. The Morgan fingerprint density at radius 2 is 2.14 bits per heavy atom. The Morgan fingerprint density at radius 1 is 1.36 bits per heavy atom. The van der Waals surface area contributed by atoms with E-state index in [1.54, 1.807) is 0 Å². The van der Waals surface area contributed by atoms with Gasteiger partial charge in [0.15, 0.2) is 0 Å². The molecule has 1 aliphatic rings. The monoisotopic (exact) mass is 253 g/mol. The molecule has 2 rings (SSSR count). The lowest BCUT2D eigenvalue weighted by atomic mass is 9.88. The summed E-state index contributed by atoms with van der Waals surface area (Å²) in [4.78, 5) is 2.34. The maximum absolute atomic E-state index is 3.63. The van der Waals surface area contributed by atoms with Crippen molar-refractivity contribution in [2.24, 2.45) is 0 Å². The van der Waals surface area contributed by atoms with E-state index in [0.29, 0.717) is 0 Å². The fourth-order valence-electron chi connectivity index (χ4n) is 2.18. The van der Waals surface area contributed by atoms with Gasteiger partial charge in [-0.2, -0.15) is 0 Å². The van der Waals surface area contributed by atoms with Crippen LogP contribution in [-0.2, 0) is 12.8 Å². The van der Waals surface area contributed by atoms with Crippen LogP contribution in [-0.4, -0.2) is 25.0 Å². The minimum absolute atomic E-state index is 0.719. The number of likely N-dealkylation sites (N-methyl/N-ethyl adjacent to an activating group) is 1. The molecular formula is C12H16BrN. The van der Waals surface area contributed by atoms with Gasteiger partial charge < -0.3 is 4.90 Å². The van der Waals surface area contributed by atoms with Gasteiger partial charge in [0.2, 0.25) is 0 Å². The minimum atomic E-state index is 0.719. The largest absolute Gasteiger partial charge is 0.306 e. The molecule has 0 heterocycles. The summed E-state index contributed by atoms with van der Waals surface area (Å²) in [6.45, 7) is 0. The number of hydrogen-bond acceptors (Lipinski definition) is 1. The lowest BCUT2D eigenvalue weighted by Gasteiger charge is -2.30. The Kier molecular flexibility index (Phi) is 2.93. The van der Waals surface area contributed by atoms with E-state index in [1.165, 1.54) is 34.9 Å². The van der Waals surface area contributed by atoms with E-state index in [9.17, 15) is 0 Å². The summed E-state index contributed by atoms with van der Waals surface area (Å²) >= 11 is 3.63. The van der Waals surface area contributed by atoms with Crippen LogP contribution in [0.2, 0.25) is 0 Å². The topological polar surface area (TPSA) is 3.24 Å². The molecule has 1 aromatic rings. The molecule has 0 amide bonds. The quantitative estimate of drug-likeness (QED) is 0.744. The second-order valence-electron chi connectivity index (χ2n) is 4.24. The van der Waals surface area contributed by atoms with Gasteiger partial charge >= 0.3 is 0 Å². The van der Waals surface area contributed by atoms with Gasteiger partial charge in [0, 0.05) is 10.5 Å². The van der Waals surface area contributed by atoms with Crippen LogP contribution in [0.5, 0.6) is 0 Å². The number of fused-ring (bicyclic) bond motifs is 1. The molecule has 1 unspecified atom stereocenters. The Hall–Kier alpha value is -0.340. The zero-order valence-electron chi connectivity index (χ0n) is 8.76. The number of rotatable bonds is 1. The summed E-state index contributed by atoms with van der Waals surface area (Å²) in [5.74, 6) is 0. The Balaban J connectivity index is 2.27. The molecule has 76 valence electrons. The second-order valence-corrected chi connectivity index (χ2v) is 5.09. The summed E-state index contributed by atoms with van der Waals surface area (Å²) in [6, 6.07) is 7.27. The third-order valence-electron chi connectivity index (χ3n) is 3.13.